The molecule has 1 aromatic heterocycles. The predicted molar refractivity (Wildman–Crippen MR) is 90.6 cm³/mol. The summed E-state index contributed by atoms with van der Waals surface area (Å²) >= 11 is 0. The van der Waals surface area contributed by atoms with Gasteiger partial charge in [0.1, 0.15) is 0 Å². The fourth-order valence-electron chi connectivity index (χ4n) is 3.20. The van der Waals surface area contributed by atoms with Crippen LogP contribution in [0.2, 0.25) is 0 Å². The topological polar surface area (TPSA) is 64.2 Å². The minimum Gasteiger partial charge on any atom is -0.337 e. The lowest BCUT2D eigenvalue weighted by atomic mass is 9.92. The first-order valence-electron chi connectivity index (χ1n) is 8.23. The van der Waals surface area contributed by atoms with Crippen LogP contribution in [0.5, 0.6) is 0 Å². The second kappa shape index (κ2) is 6.54. The normalized spacial score (nSPS) is 19.6. The molecule has 1 saturated heterocycles. The monoisotopic (exact) mass is 312 g/mol. The molecule has 5 nitrogen and oxygen atoms in total. The van der Waals surface area contributed by atoms with Gasteiger partial charge in [-0.25, -0.2) is 4.68 Å². The van der Waals surface area contributed by atoms with Crippen LogP contribution in [0.25, 0.3) is 5.69 Å². The Bertz CT molecular complexity index is 678. The highest BCUT2D eigenvalue weighted by Crippen LogP contribution is 2.21. The largest absolute Gasteiger partial charge is 0.337 e. The summed E-state index contributed by atoms with van der Waals surface area (Å²) in [5.41, 5.74) is 8.45. The van der Waals surface area contributed by atoms with E-state index in [0.717, 1.165) is 37.3 Å². The number of likely N-dealkylation sites (tertiary alicyclic amines) is 1. The van der Waals surface area contributed by atoms with E-state index >= 15 is 0 Å². The zero-order valence-electron chi connectivity index (χ0n) is 13.8. The summed E-state index contributed by atoms with van der Waals surface area (Å²) in [6, 6.07) is 11.9. The Morgan fingerprint density at radius 3 is 2.78 bits per heavy atom. The van der Waals surface area contributed by atoms with E-state index in [1.807, 2.05) is 59.8 Å². The van der Waals surface area contributed by atoms with Crippen LogP contribution in [0.1, 0.15) is 35.9 Å². The molecule has 1 aromatic carbocycles. The van der Waals surface area contributed by atoms with Crippen molar-refractivity contribution in [2.75, 3.05) is 13.1 Å². The third kappa shape index (κ3) is 3.29. The number of nitrogens with two attached hydrogens (primary N) is 1. The number of para-hydroxylation sites is 1. The standard InChI is InChI=1S/C18H24N4O/c1-13-11-17(20-22(13)16-8-4-3-5-9-16)18(23)21-10-6-7-15(12-21)14(2)19/h3-5,8-9,11,14-15H,6-7,10,12,19H2,1-2H3. The van der Waals surface area contributed by atoms with Crippen LogP contribution in [0, 0.1) is 12.8 Å². The first-order chi connectivity index (χ1) is 11.1. The smallest absolute Gasteiger partial charge is 0.274 e. The summed E-state index contributed by atoms with van der Waals surface area (Å²) in [4.78, 5) is 14.7. The zero-order valence-corrected chi connectivity index (χ0v) is 13.8. The predicted octanol–water partition coefficient (Wildman–Crippen LogP) is 2.38. The molecule has 2 heterocycles. The van der Waals surface area contributed by atoms with E-state index in [9.17, 15) is 4.79 Å². The summed E-state index contributed by atoms with van der Waals surface area (Å²) in [6.07, 6.45) is 2.11. The third-order valence-corrected chi connectivity index (χ3v) is 4.60. The molecule has 0 bridgehead atoms. The van der Waals surface area contributed by atoms with Gasteiger partial charge in [-0.2, -0.15) is 5.10 Å². The van der Waals surface area contributed by atoms with Gasteiger partial charge in [-0.1, -0.05) is 18.2 Å². The van der Waals surface area contributed by atoms with E-state index in [1.165, 1.54) is 0 Å². The van der Waals surface area contributed by atoms with Gasteiger partial charge in [-0.3, -0.25) is 4.79 Å². The van der Waals surface area contributed by atoms with Crippen LogP contribution in [-0.4, -0.2) is 39.7 Å². The van der Waals surface area contributed by atoms with Crippen LogP contribution in [-0.2, 0) is 0 Å². The highest BCUT2D eigenvalue weighted by molar-refractivity contribution is 5.92. The Morgan fingerprint density at radius 2 is 2.09 bits per heavy atom. The van der Waals surface area contributed by atoms with Crippen LogP contribution < -0.4 is 5.73 Å². The molecule has 0 spiro atoms. The van der Waals surface area contributed by atoms with E-state index in [4.69, 9.17) is 5.73 Å². The van der Waals surface area contributed by atoms with Gasteiger partial charge >= 0.3 is 0 Å². The van der Waals surface area contributed by atoms with Crippen molar-refractivity contribution in [2.24, 2.45) is 11.7 Å². The molecule has 0 radical (unpaired) electrons. The molecule has 122 valence electrons. The van der Waals surface area contributed by atoms with Gasteiger partial charge in [-0.15, -0.1) is 0 Å². The van der Waals surface area contributed by atoms with Gasteiger partial charge in [0.25, 0.3) is 5.91 Å². The average Bonchev–Trinajstić information content (AvgIpc) is 2.97. The fourth-order valence-corrected chi connectivity index (χ4v) is 3.20. The number of aryl methyl sites for hydroxylation is 1. The highest BCUT2D eigenvalue weighted by Gasteiger charge is 2.28. The summed E-state index contributed by atoms with van der Waals surface area (Å²) < 4.78 is 1.82. The number of hydrogen-bond acceptors (Lipinski definition) is 3. The second-order valence-electron chi connectivity index (χ2n) is 6.43. The molecular formula is C18H24N4O. The molecule has 1 fully saturated rings. The van der Waals surface area contributed by atoms with Crippen LogP contribution in [0.3, 0.4) is 0 Å². The molecule has 2 unspecified atom stereocenters. The Balaban J connectivity index is 1.81. The lowest BCUT2D eigenvalue weighted by Crippen LogP contribution is -2.45. The Morgan fingerprint density at radius 1 is 1.35 bits per heavy atom. The lowest BCUT2D eigenvalue weighted by Gasteiger charge is -2.34. The van der Waals surface area contributed by atoms with Gasteiger partial charge in [0.15, 0.2) is 5.69 Å². The maximum Gasteiger partial charge on any atom is 0.274 e. The first kappa shape index (κ1) is 15.7. The zero-order chi connectivity index (χ0) is 16.4. The molecule has 1 aliphatic heterocycles. The van der Waals surface area contributed by atoms with Crippen LogP contribution in [0.4, 0.5) is 0 Å². The number of piperidine rings is 1. The minimum absolute atomic E-state index is 0.00753. The Kier molecular flexibility index (Phi) is 4.48. The molecule has 2 N–H and O–H groups in total. The van der Waals surface area contributed by atoms with Gasteiger partial charge in [-0.05, 0) is 50.8 Å². The van der Waals surface area contributed by atoms with Crippen molar-refractivity contribution in [2.45, 2.75) is 32.7 Å². The van der Waals surface area contributed by atoms with E-state index in [0.29, 0.717) is 11.6 Å². The second-order valence-corrected chi connectivity index (χ2v) is 6.43. The number of nitrogens with zero attached hydrogens (tertiary/aromatic N) is 3. The molecule has 1 aliphatic rings. The molecule has 23 heavy (non-hydrogen) atoms. The van der Waals surface area contributed by atoms with Crippen molar-refractivity contribution in [1.29, 1.82) is 0 Å². The van der Waals surface area contributed by atoms with Crippen LogP contribution >= 0.6 is 0 Å². The summed E-state index contributed by atoms with van der Waals surface area (Å²) in [5.74, 6) is 0.387. The summed E-state index contributed by atoms with van der Waals surface area (Å²) in [7, 11) is 0. The quantitative estimate of drug-likeness (QED) is 0.946. The molecule has 2 atom stereocenters. The number of carbonyl (C=O) groups is 1. The van der Waals surface area contributed by atoms with Gasteiger partial charge in [0.05, 0.1) is 5.69 Å². The SMILES string of the molecule is Cc1cc(C(=O)N2CCCC(C(C)N)C2)nn1-c1ccccc1. The van der Waals surface area contributed by atoms with Crippen molar-refractivity contribution in [3.63, 3.8) is 0 Å². The third-order valence-electron chi connectivity index (χ3n) is 4.60. The van der Waals surface area contributed by atoms with E-state index < -0.39 is 0 Å². The minimum atomic E-state index is 0.00753. The number of hydrogen-bond donors (Lipinski definition) is 1. The van der Waals surface area contributed by atoms with Crippen molar-refractivity contribution in [3.05, 3.63) is 47.8 Å². The van der Waals surface area contributed by atoms with Gasteiger partial charge in [0, 0.05) is 24.8 Å². The van der Waals surface area contributed by atoms with Crippen LogP contribution in [0.15, 0.2) is 36.4 Å². The summed E-state index contributed by atoms with van der Waals surface area (Å²) in [5, 5.41) is 4.52. The highest BCUT2D eigenvalue weighted by atomic mass is 16.2. The first-order valence-corrected chi connectivity index (χ1v) is 8.23. The van der Waals surface area contributed by atoms with Crippen molar-refractivity contribution >= 4 is 5.91 Å². The molecule has 3 rings (SSSR count). The molecule has 5 heteroatoms. The number of rotatable bonds is 3. The molecule has 0 aliphatic carbocycles. The van der Waals surface area contributed by atoms with Gasteiger partial charge < -0.3 is 10.6 Å². The van der Waals surface area contributed by atoms with E-state index in [-0.39, 0.29) is 11.9 Å². The van der Waals surface area contributed by atoms with E-state index in [2.05, 4.69) is 5.10 Å². The number of carbonyl (C=O) groups excluding carboxylic acids is 1. The van der Waals surface area contributed by atoms with Gasteiger partial charge in [0.2, 0.25) is 0 Å². The molecule has 0 saturated carbocycles. The van der Waals surface area contributed by atoms with Crippen molar-refractivity contribution in [3.8, 4) is 5.69 Å². The average molecular weight is 312 g/mol. The maximum atomic E-state index is 12.8. The number of amides is 1. The van der Waals surface area contributed by atoms with Crippen molar-refractivity contribution in [1.82, 2.24) is 14.7 Å². The maximum absolute atomic E-state index is 12.8. The number of aromatic nitrogens is 2. The Hall–Kier alpha value is -2.14. The Labute approximate surface area is 137 Å². The molecule has 1 amide bonds. The fraction of sp³-hybridized carbons (Fsp3) is 0.444. The van der Waals surface area contributed by atoms with Crippen molar-refractivity contribution < 1.29 is 4.79 Å². The lowest BCUT2D eigenvalue weighted by molar-refractivity contribution is 0.0654. The molecular weight excluding hydrogens is 288 g/mol. The molecule has 2 aromatic rings. The number of benzene rings is 1. The summed E-state index contributed by atoms with van der Waals surface area (Å²) in [6.45, 7) is 5.51. The van der Waals surface area contributed by atoms with E-state index in [1.54, 1.807) is 0 Å².